The van der Waals surface area contributed by atoms with E-state index in [1.165, 1.54) is 11.3 Å². The van der Waals surface area contributed by atoms with E-state index in [2.05, 4.69) is 53.8 Å². The van der Waals surface area contributed by atoms with Crippen LogP contribution in [0.15, 0.2) is 18.2 Å². The molecule has 0 aliphatic heterocycles. The predicted molar refractivity (Wildman–Crippen MR) is 144 cm³/mol. The Morgan fingerprint density at radius 3 is 2.26 bits per heavy atom. The number of carboxylic acid groups (broad SMARTS) is 1. The molecular formula is C26H39F2N5O4S. The van der Waals surface area contributed by atoms with Gasteiger partial charge >= 0.3 is 0 Å². The summed E-state index contributed by atoms with van der Waals surface area (Å²) >= 11 is 1.32. The number of anilines is 1. The van der Waals surface area contributed by atoms with Crippen LogP contribution >= 0.6 is 11.3 Å². The lowest BCUT2D eigenvalue weighted by Gasteiger charge is -2.23. The first-order chi connectivity index (χ1) is 18.0. The van der Waals surface area contributed by atoms with Gasteiger partial charge in [0.05, 0.1) is 6.42 Å². The van der Waals surface area contributed by atoms with Crippen molar-refractivity contribution in [2.45, 2.75) is 90.6 Å². The Hall–Kier alpha value is -2.99. The van der Waals surface area contributed by atoms with Crippen molar-refractivity contribution in [3.8, 4) is 0 Å². The number of carbonyl (C=O) groups is 3. The zero-order valence-corrected chi connectivity index (χ0v) is 23.5. The summed E-state index contributed by atoms with van der Waals surface area (Å²) in [6.45, 7) is 11.0. The zero-order valence-electron chi connectivity index (χ0n) is 22.6. The highest BCUT2D eigenvalue weighted by molar-refractivity contribution is 7.15. The lowest BCUT2D eigenvalue weighted by Crippen LogP contribution is -2.44. The summed E-state index contributed by atoms with van der Waals surface area (Å²) in [5.74, 6) is -2.40. The van der Waals surface area contributed by atoms with Crippen LogP contribution in [0.4, 0.5) is 13.9 Å². The molecule has 0 spiro atoms. The van der Waals surface area contributed by atoms with Crippen molar-refractivity contribution in [3.63, 3.8) is 0 Å². The van der Waals surface area contributed by atoms with Gasteiger partial charge in [0.2, 0.25) is 16.9 Å². The summed E-state index contributed by atoms with van der Waals surface area (Å²) in [7, 11) is 0. The van der Waals surface area contributed by atoms with Crippen molar-refractivity contribution in [2.24, 2.45) is 0 Å². The minimum absolute atomic E-state index is 0.199. The van der Waals surface area contributed by atoms with Crippen LogP contribution in [0, 0.1) is 11.6 Å². The molecule has 0 fully saturated rings. The molecule has 4 N–H and O–H groups in total. The Labute approximate surface area is 226 Å². The molecule has 12 heteroatoms. The van der Waals surface area contributed by atoms with Crippen LogP contribution < -0.4 is 16.0 Å². The Kier molecular flexibility index (Phi) is 14.6. The van der Waals surface area contributed by atoms with Crippen molar-refractivity contribution in [1.82, 2.24) is 20.8 Å². The SMILES string of the molecule is CCCC(NC(=O)Cc1cc(F)cc(F)c1)C(=O)Nc1nnc(C(C)(C)CCNC(CC)CC)s1.O=CO. The van der Waals surface area contributed by atoms with E-state index in [1.807, 2.05) is 6.92 Å². The standard InChI is InChI=1S/C25H37F2N5O2S.CH2O2/c1-6-9-20(29-21(33)14-16-12-17(26)15-18(27)13-16)22(34)30-24-32-31-23(35-24)25(4,5)10-11-28-19(7-2)8-3;2-1-3/h12-13,15,19-20,28H,6-11,14H2,1-5H3,(H,29,33)(H,30,32,34);1H,(H,2,3). The van der Waals surface area contributed by atoms with E-state index < -0.39 is 29.5 Å². The first-order valence-electron chi connectivity index (χ1n) is 12.7. The summed E-state index contributed by atoms with van der Waals surface area (Å²) in [5, 5.41) is 25.5. The molecule has 2 rings (SSSR count). The van der Waals surface area contributed by atoms with E-state index in [-0.39, 0.29) is 23.9 Å². The quantitative estimate of drug-likeness (QED) is 0.254. The van der Waals surface area contributed by atoms with E-state index in [0.29, 0.717) is 24.0 Å². The molecular weight excluding hydrogens is 516 g/mol. The smallest absolute Gasteiger partial charge is 0.290 e. The van der Waals surface area contributed by atoms with Crippen molar-refractivity contribution >= 4 is 34.8 Å². The van der Waals surface area contributed by atoms with Crippen molar-refractivity contribution in [3.05, 3.63) is 40.4 Å². The third kappa shape index (κ3) is 11.6. The van der Waals surface area contributed by atoms with Gasteiger partial charge in [0.25, 0.3) is 6.47 Å². The molecule has 1 unspecified atom stereocenters. The summed E-state index contributed by atoms with van der Waals surface area (Å²) in [6, 6.07) is 2.65. The molecule has 1 aromatic carbocycles. The van der Waals surface area contributed by atoms with Crippen LogP contribution in [0.1, 0.15) is 77.3 Å². The molecule has 1 heterocycles. The zero-order chi connectivity index (χ0) is 28.7. The van der Waals surface area contributed by atoms with E-state index >= 15 is 0 Å². The fraction of sp³-hybridized carbons (Fsp3) is 0.577. The first kappa shape index (κ1) is 33.0. The van der Waals surface area contributed by atoms with Gasteiger partial charge in [0, 0.05) is 17.5 Å². The molecule has 0 saturated heterocycles. The van der Waals surface area contributed by atoms with Gasteiger partial charge in [-0.3, -0.25) is 19.7 Å². The maximum atomic E-state index is 13.4. The maximum absolute atomic E-state index is 13.4. The van der Waals surface area contributed by atoms with Crippen LogP contribution in [0.3, 0.4) is 0 Å². The van der Waals surface area contributed by atoms with Crippen LogP contribution in [0.5, 0.6) is 0 Å². The molecule has 1 aromatic heterocycles. The number of hydrogen-bond donors (Lipinski definition) is 4. The second kappa shape index (κ2) is 16.8. The lowest BCUT2D eigenvalue weighted by atomic mass is 9.90. The summed E-state index contributed by atoms with van der Waals surface area (Å²) in [6.07, 6.45) is 3.88. The highest BCUT2D eigenvalue weighted by Gasteiger charge is 2.27. The Balaban J connectivity index is 0.00000229. The monoisotopic (exact) mass is 555 g/mol. The molecule has 0 radical (unpaired) electrons. The van der Waals surface area contributed by atoms with Gasteiger partial charge in [-0.2, -0.15) is 0 Å². The van der Waals surface area contributed by atoms with Crippen LogP contribution in [0.2, 0.25) is 0 Å². The highest BCUT2D eigenvalue weighted by atomic mass is 32.1. The van der Waals surface area contributed by atoms with Crippen molar-refractivity contribution in [2.75, 3.05) is 11.9 Å². The molecule has 1 atom stereocenters. The largest absolute Gasteiger partial charge is 0.483 e. The average Bonchev–Trinajstić information content (AvgIpc) is 3.31. The summed E-state index contributed by atoms with van der Waals surface area (Å²) in [5.41, 5.74) is -0.0120. The number of carbonyl (C=O) groups excluding carboxylic acids is 2. The van der Waals surface area contributed by atoms with Gasteiger partial charge in [-0.15, -0.1) is 10.2 Å². The number of halogens is 2. The molecule has 212 valence electrons. The van der Waals surface area contributed by atoms with Crippen molar-refractivity contribution < 1.29 is 28.3 Å². The lowest BCUT2D eigenvalue weighted by molar-refractivity contribution is -0.126. The van der Waals surface area contributed by atoms with Gasteiger partial charge in [-0.1, -0.05) is 52.4 Å². The number of nitrogens with one attached hydrogen (secondary N) is 3. The maximum Gasteiger partial charge on any atom is 0.290 e. The Morgan fingerprint density at radius 2 is 1.71 bits per heavy atom. The Morgan fingerprint density at radius 1 is 1.11 bits per heavy atom. The fourth-order valence-electron chi connectivity index (χ4n) is 3.71. The second-order valence-corrected chi connectivity index (χ2v) is 10.4. The van der Waals surface area contributed by atoms with Gasteiger partial charge in [-0.05, 0) is 49.9 Å². The fourth-order valence-corrected chi connectivity index (χ4v) is 4.59. The molecule has 38 heavy (non-hydrogen) atoms. The number of hydrogen-bond acceptors (Lipinski definition) is 7. The minimum Gasteiger partial charge on any atom is -0.483 e. The third-order valence-corrected chi connectivity index (χ3v) is 7.12. The van der Waals surface area contributed by atoms with Crippen LogP contribution in [-0.2, 0) is 26.2 Å². The third-order valence-electron chi connectivity index (χ3n) is 5.92. The normalized spacial score (nSPS) is 11.9. The van der Waals surface area contributed by atoms with E-state index in [1.54, 1.807) is 0 Å². The molecule has 0 saturated carbocycles. The highest BCUT2D eigenvalue weighted by Crippen LogP contribution is 2.31. The number of aromatic nitrogens is 2. The average molecular weight is 556 g/mol. The van der Waals surface area contributed by atoms with Gasteiger partial charge < -0.3 is 15.7 Å². The summed E-state index contributed by atoms with van der Waals surface area (Å²) < 4.78 is 26.8. The molecule has 9 nitrogen and oxygen atoms in total. The second-order valence-electron chi connectivity index (χ2n) is 9.47. The summed E-state index contributed by atoms with van der Waals surface area (Å²) in [4.78, 5) is 33.7. The van der Waals surface area contributed by atoms with E-state index in [9.17, 15) is 18.4 Å². The van der Waals surface area contributed by atoms with E-state index in [0.717, 1.165) is 49.0 Å². The van der Waals surface area contributed by atoms with Gasteiger partial charge in [0.15, 0.2) is 0 Å². The van der Waals surface area contributed by atoms with Crippen molar-refractivity contribution in [1.29, 1.82) is 0 Å². The number of nitrogens with zero attached hydrogens (tertiary/aromatic N) is 2. The minimum atomic E-state index is -0.796. The van der Waals surface area contributed by atoms with Crippen LogP contribution in [0.25, 0.3) is 0 Å². The molecule has 0 bridgehead atoms. The first-order valence-corrected chi connectivity index (χ1v) is 13.5. The molecule has 0 aliphatic carbocycles. The number of benzene rings is 1. The Bertz CT molecular complexity index is 1010. The number of rotatable bonds is 14. The van der Waals surface area contributed by atoms with Crippen LogP contribution in [-0.4, -0.2) is 52.2 Å². The van der Waals surface area contributed by atoms with Gasteiger partial charge in [-0.25, -0.2) is 8.78 Å². The molecule has 2 aromatic rings. The van der Waals surface area contributed by atoms with Gasteiger partial charge in [0.1, 0.15) is 22.7 Å². The molecule has 2 amide bonds. The number of amides is 2. The topological polar surface area (TPSA) is 133 Å². The molecule has 0 aliphatic rings. The predicted octanol–water partition coefficient (Wildman–Crippen LogP) is 4.43. The van der Waals surface area contributed by atoms with E-state index in [4.69, 9.17) is 9.90 Å².